The molecule has 2 aromatic rings. The Balaban J connectivity index is 1.58. The summed E-state index contributed by atoms with van der Waals surface area (Å²) in [5, 5.41) is 6.91. The van der Waals surface area contributed by atoms with Gasteiger partial charge in [-0.25, -0.2) is 0 Å². The molecule has 3 heterocycles. The van der Waals surface area contributed by atoms with E-state index in [9.17, 15) is 4.79 Å². The van der Waals surface area contributed by atoms with Crippen LogP contribution in [-0.2, 0) is 4.79 Å². The first kappa shape index (κ1) is 14.8. The summed E-state index contributed by atoms with van der Waals surface area (Å²) in [6.07, 6.45) is 3.67. The molecule has 1 amide bonds. The number of amides is 1. The molecule has 1 aliphatic heterocycles. The number of furan rings is 1. The normalized spacial score (nSPS) is 20.2. The molecule has 6 heteroatoms. The molecule has 2 aromatic heterocycles. The third-order valence-corrected chi connectivity index (χ3v) is 4.03. The number of hydrogen-bond donors (Lipinski definition) is 1. The molecule has 0 saturated carbocycles. The SMILES string of the molecule is Cc1cc([C@@H]2CCCN2CC(=O)N[C@@H](C)c2ccco2)on1. The Hall–Kier alpha value is -2.08. The van der Waals surface area contributed by atoms with Crippen molar-refractivity contribution in [3.05, 3.63) is 41.7 Å². The average molecular weight is 303 g/mol. The van der Waals surface area contributed by atoms with Crippen LogP contribution in [0.2, 0.25) is 0 Å². The van der Waals surface area contributed by atoms with Gasteiger partial charge in [-0.2, -0.15) is 0 Å². The van der Waals surface area contributed by atoms with Crippen molar-refractivity contribution in [1.29, 1.82) is 0 Å². The first-order valence-electron chi connectivity index (χ1n) is 7.63. The lowest BCUT2D eigenvalue weighted by Gasteiger charge is -2.22. The second-order valence-corrected chi connectivity index (χ2v) is 5.80. The maximum atomic E-state index is 12.2. The number of hydrogen-bond acceptors (Lipinski definition) is 5. The number of carbonyl (C=O) groups is 1. The monoisotopic (exact) mass is 303 g/mol. The molecule has 0 aliphatic carbocycles. The van der Waals surface area contributed by atoms with Crippen LogP contribution in [0, 0.1) is 6.92 Å². The maximum absolute atomic E-state index is 12.2. The third-order valence-electron chi connectivity index (χ3n) is 4.03. The van der Waals surface area contributed by atoms with Gasteiger partial charge < -0.3 is 14.3 Å². The van der Waals surface area contributed by atoms with Gasteiger partial charge in [0.05, 0.1) is 30.6 Å². The van der Waals surface area contributed by atoms with Crippen molar-refractivity contribution in [3.8, 4) is 0 Å². The lowest BCUT2D eigenvalue weighted by Crippen LogP contribution is -2.37. The quantitative estimate of drug-likeness (QED) is 0.919. The van der Waals surface area contributed by atoms with Gasteiger partial charge in [0.2, 0.25) is 5.91 Å². The van der Waals surface area contributed by atoms with E-state index in [4.69, 9.17) is 8.94 Å². The molecule has 1 N–H and O–H groups in total. The van der Waals surface area contributed by atoms with Gasteiger partial charge in [-0.3, -0.25) is 9.69 Å². The smallest absolute Gasteiger partial charge is 0.234 e. The Morgan fingerprint density at radius 3 is 3.14 bits per heavy atom. The van der Waals surface area contributed by atoms with E-state index in [1.54, 1.807) is 6.26 Å². The molecular weight excluding hydrogens is 282 g/mol. The van der Waals surface area contributed by atoms with E-state index in [1.807, 2.05) is 32.0 Å². The van der Waals surface area contributed by atoms with Crippen LogP contribution in [0.4, 0.5) is 0 Å². The van der Waals surface area contributed by atoms with E-state index < -0.39 is 0 Å². The average Bonchev–Trinajstić information content (AvgIpc) is 3.18. The van der Waals surface area contributed by atoms with E-state index >= 15 is 0 Å². The third kappa shape index (κ3) is 3.22. The fourth-order valence-corrected chi connectivity index (χ4v) is 2.96. The lowest BCUT2D eigenvalue weighted by atomic mass is 10.1. The summed E-state index contributed by atoms with van der Waals surface area (Å²) in [7, 11) is 0. The molecule has 0 radical (unpaired) electrons. The van der Waals surface area contributed by atoms with E-state index in [1.165, 1.54) is 0 Å². The second kappa shape index (κ2) is 6.36. The second-order valence-electron chi connectivity index (χ2n) is 5.80. The van der Waals surface area contributed by atoms with Crippen molar-refractivity contribution in [2.75, 3.05) is 13.1 Å². The van der Waals surface area contributed by atoms with E-state index in [0.29, 0.717) is 6.54 Å². The fraction of sp³-hybridized carbons (Fsp3) is 0.500. The molecular formula is C16H21N3O3. The highest BCUT2D eigenvalue weighted by Crippen LogP contribution is 2.31. The van der Waals surface area contributed by atoms with Crippen LogP contribution >= 0.6 is 0 Å². The molecule has 0 aromatic carbocycles. The molecule has 0 spiro atoms. The van der Waals surface area contributed by atoms with Gasteiger partial charge in [0.15, 0.2) is 5.76 Å². The molecule has 1 aliphatic rings. The summed E-state index contributed by atoms with van der Waals surface area (Å²) < 4.78 is 10.7. The van der Waals surface area contributed by atoms with Gasteiger partial charge in [-0.05, 0) is 45.4 Å². The Morgan fingerprint density at radius 1 is 1.59 bits per heavy atom. The summed E-state index contributed by atoms with van der Waals surface area (Å²) in [6, 6.07) is 5.65. The highest BCUT2D eigenvalue weighted by atomic mass is 16.5. The van der Waals surface area contributed by atoms with Crippen LogP contribution in [0.1, 0.15) is 49.1 Å². The van der Waals surface area contributed by atoms with E-state index in [-0.39, 0.29) is 18.0 Å². The summed E-state index contributed by atoms with van der Waals surface area (Å²) in [4.78, 5) is 14.4. The number of aromatic nitrogens is 1. The fourth-order valence-electron chi connectivity index (χ4n) is 2.96. The number of rotatable bonds is 5. The van der Waals surface area contributed by atoms with Gasteiger partial charge in [0.1, 0.15) is 5.76 Å². The van der Waals surface area contributed by atoms with Crippen molar-refractivity contribution in [2.45, 2.75) is 38.8 Å². The number of likely N-dealkylation sites (tertiary alicyclic amines) is 1. The topological polar surface area (TPSA) is 71.5 Å². The zero-order chi connectivity index (χ0) is 15.5. The van der Waals surface area contributed by atoms with Crippen molar-refractivity contribution in [1.82, 2.24) is 15.4 Å². The number of nitrogens with zero attached hydrogens (tertiary/aromatic N) is 2. The summed E-state index contributed by atoms with van der Waals surface area (Å²) in [5.74, 6) is 1.60. The summed E-state index contributed by atoms with van der Waals surface area (Å²) in [6.45, 7) is 5.07. The predicted octanol–water partition coefficient (Wildman–Crippen LogP) is 2.59. The van der Waals surface area contributed by atoms with Crippen LogP contribution in [0.25, 0.3) is 0 Å². The molecule has 1 fully saturated rings. The molecule has 2 atom stereocenters. The van der Waals surface area contributed by atoms with Gasteiger partial charge in [-0.15, -0.1) is 0 Å². The van der Waals surface area contributed by atoms with Crippen LogP contribution < -0.4 is 5.32 Å². The molecule has 1 saturated heterocycles. The minimum absolute atomic E-state index is 0.00737. The molecule has 22 heavy (non-hydrogen) atoms. The summed E-state index contributed by atoms with van der Waals surface area (Å²) >= 11 is 0. The minimum atomic E-state index is -0.129. The Labute approximate surface area is 129 Å². The van der Waals surface area contributed by atoms with Gasteiger partial charge >= 0.3 is 0 Å². The van der Waals surface area contributed by atoms with Crippen LogP contribution in [-0.4, -0.2) is 29.1 Å². The number of carbonyl (C=O) groups excluding carboxylic acids is 1. The molecule has 3 rings (SSSR count). The summed E-state index contributed by atoms with van der Waals surface area (Å²) in [5.41, 5.74) is 0.873. The molecule has 6 nitrogen and oxygen atoms in total. The molecule has 118 valence electrons. The minimum Gasteiger partial charge on any atom is -0.467 e. The number of nitrogens with one attached hydrogen (secondary N) is 1. The zero-order valence-corrected chi connectivity index (χ0v) is 12.9. The van der Waals surface area contributed by atoms with Crippen molar-refractivity contribution in [3.63, 3.8) is 0 Å². The standard InChI is InChI=1S/C16H21N3O3/c1-11-9-15(22-18-11)13-5-3-7-19(13)10-16(20)17-12(2)14-6-4-8-21-14/h4,6,8-9,12-13H,3,5,7,10H2,1-2H3,(H,17,20)/t12-,13-/m0/s1. The van der Waals surface area contributed by atoms with Crippen molar-refractivity contribution >= 4 is 5.91 Å². The van der Waals surface area contributed by atoms with Gasteiger partial charge in [0.25, 0.3) is 0 Å². The first-order valence-corrected chi connectivity index (χ1v) is 7.63. The predicted molar refractivity (Wildman–Crippen MR) is 80.1 cm³/mol. The molecule has 0 unspecified atom stereocenters. The zero-order valence-electron chi connectivity index (χ0n) is 12.9. The van der Waals surface area contributed by atoms with E-state index in [2.05, 4.69) is 15.4 Å². The van der Waals surface area contributed by atoms with Crippen molar-refractivity contribution in [2.24, 2.45) is 0 Å². The van der Waals surface area contributed by atoms with Crippen LogP contribution in [0.15, 0.2) is 33.4 Å². The highest BCUT2D eigenvalue weighted by molar-refractivity contribution is 5.78. The van der Waals surface area contributed by atoms with Crippen molar-refractivity contribution < 1.29 is 13.7 Å². The van der Waals surface area contributed by atoms with Crippen LogP contribution in [0.3, 0.4) is 0 Å². The van der Waals surface area contributed by atoms with Gasteiger partial charge in [0, 0.05) is 6.07 Å². The lowest BCUT2D eigenvalue weighted by molar-refractivity contribution is -0.123. The van der Waals surface area contributed by atoms with Crippen LogP contribution in [0.5, 0.6) is 0 Å². The number of aryl methyl sites for hydroxylation is 1. The molecule has 0 bridgehead atoms. The maximum Gasteiger partial charge on any atom is 0.234 e. The largest absolute Gasteiger partial charge is 0.467 e. The van der Waals surface area contributed by atoms with Gasteiger partial charge in [-0.1, -0.05) is 5.16 Å². The Morgan fingerprint density at radius 2 is 2.45 bits per heavy atom. The Bertz CT molecular complexity index is 620. The highest BCUT2D eigenvalue weighted by Gasteiger charge is 2.30. The van der Waals surface area contributed by atoms with E-state index in [0.717, 1.165) is 36.6 Å². The Kier molecular flexibility index (Phi) is 4.29. The first-order chi connectivity index (χ1) is 10.6.